The molecule has 0 radical (unpaired) electrons. The van der Waals surface area contributed by atoms with E-state index in [4.69, 9.17) is 9.15 Å². The number of methoxy groups -OCH3 is 1. The molecule has 0 N–H and O–H groups in total. The maximum atomic E-state index is 9.61. The lowest BCUT2D eigenvalue weighted by atomic mass is 10.1. The smallest absolute Gasteiger partial charge is 0.234 e. The average Bonchev–Trinajstić information content (AvgIpc) is 3.51. The first-order chi connectivity index (χ1) is 14.8. The van der Waals surface area contributed by atoms with Gasteiger partial charge in [0.05, 0.1) is 7.11 Å². The molecule has 0 spiro atoms. The lowest BCUT2D eigenvalue weighted by molar-refractivity contribution is 0.415. The Bertz CT molecular complexity index is 1050. The molecule has 0 unspecified atom stereocenters. The Morgan fingerprint density at radius 3 is 2.33 bits per heavy atom. The van der Waals surface area contributed by atoms with Gasteiger partial charge in [-0.25, -0.2) is 4.98 Å². The summed E-state index contributed by atoms with van der Waals surface area (Å²) in [4.78, 5) is 9.03. The van der Waals surface area contributed by atoms with Crippen LogP contribution < -0.4 is 14.5 Å². The highest BCUT2D eigenvalue weighted by molar-refractivity contribution is 5.53. The zero-order valence-electron chi connectivity index (χ0n) is 17.0. The molecule has 3 aromatic rings. The molecule has 6 heteroatoms. The third-order valence-corrected chi connectivity index (χ3v) is 6.07. The fraction of sp³-hybridized carbons (Fsp3) is 0.333. The number of nitriles is 1. The summed E-state index contributed by atoms with van der Waals surface area (Å²) in [7, 11) is 1.68. The summed E-state index contributed by atoms with van der Waals surface area (Å²) in [6, 6.07) is 20.8. The van der Waals surface area contributed by atoms with Crippen molar-refractivity contribution in [3.05, 3.63) is 71.7 Å². The number of piperazine rings is 1. The normalized spacial score (nSPS) is 20.7. The van der Waals surface area contributed by atoms with Crippen LogP contribution in [-0.2, 0) is 0 Å². The van der Waals surface area contributed by atoms with E-state index in [9.17, 15) is 5.26 Å². The number of benzene rings is 2. The second kappa shape index (κ2) is 7.75. The highest BCUT2D eigenvalue weighted by Gasteiger charge is 2.44. The van der Waals surface area contributed by atoms with E-state index in [1.807, 2.05) is 18.2 Å². The number of ether oxygens (including phenoxy) is 1. The minimum Gasteiger partial charge on any atom is -0.497 e. The van der Waals surface area contributed by atoms with Gasteiger partial charge in [0.25, 0.3) is 0 Å². The van der Waals surface area contributed by atoms with E-state index in [0.29, 0.717) is 23.4 Å². The van der Waals surface area contributed by atoms with Gasteiger partial charge in [0.1, 0.15) is 11.8 Å². The molecule has 2 aliphatic rings. The third kappa shape index (κ3) is 3.48. The van der Waals surface area contributed by atoms with Crippen LogP contribution in [0.4, 0.5) is 11.6 Å². The minimum absolute atomic E-state index is 0.272. The van der Waals surface area contributed by atoms with Crippen molar-refractivity contribution < 1.29 is 9.15 Å². The van der Waals surface area contributed by atoms with Crippen LogP contribution >= 0.6 is 0 Å². The Balaban J connectivity index is 1.27. The molecule has 1 aromatic heterocycles. The van der Waals surface area contributed by atoms with Gasteiger partial charge in [0, 0.05) is 37.8 Å². The van der Waals surface area contributed by atoms with Crippen LogP contribution in [0.15, 0.2) is 59.0 Å². The summed E-state index contributed by atoms with van der Waals surface area (Å²) in [5.74, 6) is 2.90. The van der Waals surface area contributed by atoms with Crippen LogP contribution in [-0.4, -0.2) is 38.3 Å². The maximum Gasteiger partial charge on any atom is 0.234 e. The van der Waals surface area contributed by atoms with Gasteiger partial charge in [-0.05, 0) is 42.2 Å². The monoisotopic (exact) mass is 400 g/mol. The number of rotatable bonds is 5. The minimum atomic E-state index is 0.272. The highest BCUT2D eigenvalue weighted by atomic mass is 16.5. The van der Waals surface area contributed by atoms with Gasteiger partial charge >= 0.3 is 0 Å². The SMILES string of the molecule is COc1ccc(N2CCN(c3oc([C@@H]4C[C@@H]4c4ccccc4)nc3C#N)CC2)cc1. The van der Waals surface area contributed by atoms with Crippen molar-refractivity contribution in [2.24, 2.45) is 0 Å². The van der Waals surface area contributed by atoms with Crippen LogP contribution in [0.3, 0.4) is 0 Å². The maximum absolute atomic E-state index is 9.61. The Hall–Kier alpha value is -3.46. The van der Waals surface area contributed by atoms with Crippen molar-refractivity contribution in [2.75, 3.05) is 43.1 Å². The zero-order chi connectivity index (χ0) is 20.5. The Kier molecular flexibility index (Phi) is 4.80. The van der Waals surface area contributed by atoms with Crippen molar-refractivity contribution >= 4 is 11.6 Å². The molecule has 1 saturated carbocycles. The van der Waals surface area contributed by atoms with Gasteiger partial charge in [-0.2, -0.15) is 5.26 Å². The number of anilines is 2. The molecule has 2 fully saturated rings. The molecule has 1 aliphatic carbocycles. The van der Waals surface area contributed by atoms with E-state index >= 15 is 0 Å². The highest BCUT2D eigenvalue weighted by Crippen LogP contribution is 2.54. The van der Waals surface area contributed by atoms with Crippen LogP contribution in [0.1, 0.15) is 35.4 Å². The number of nitrogens with zero attached hydrogens (tertiary/aromatic N) is 4. The Morgan fingerprint density at radius 2 is 1.67 bits per heavy atom. The van der Waals surface area contributed by atoms with Crippen LogP contribution in [0.2, 0.25) is 0 Å². The number of hydrogen-bond donors (Lipinski definition) is 0. The van der Waals surface area contributed by atoms with Gasteiger partial charge in [0.15, 0.2) is 0 Å². The molecule has 30 heavy (non-hydrogen) atoms. The molecule has 2 atom stereocenters. The largest absolute Gasteiger partial charge is 0.497 e. The number of oxazole rings is 1. The molecule has 2 aromatic carbocycles. The summed E-state index contributed by atoms with van der Waals surface area (Å²) in [5, 5.41) is 9.61. The predicted molar refractivity (Wildman–Crippen MR) is 115 cm³/mol. The van der Waals surface area contributed by atoms with Crippen LogP contribution in [0.25, 0.3) is 0 Å². The first-order valence-electron chi connectivity index (χ1n) is 10.4. The van der Waals surface area contributed by atoms with Gasteiger partial charge in [-0.15, -0.1) is 0 Å². The fourth-order valence-corrected chi connectivity index (χ4v) is 4.27. The quantitative estimate of drug-likeness (QED) is 0.641. The van der Waals surface area contributed by atoms with E-state index in [0.717, 1.165) is 38.3 Å². The van der Waals surface area contributed by atoms with E-state index in [1.165, 1.54) is 11.3 Å². The molecule has 0 bridgehead atoms. The van der Waals surface area contributed by atoms with Crippen molar-refractivity contribution in [1.29, 1.82) is 5.26 Å². The summed E-state index contributed by atoms with van der Waals surface area (Å²) in [6.45, 7) is 3.32. The summed E-state index contributed by atoms with van der Waals surface area (Å²) in [6.07, 6.45) is 1.03. The van der Waals surface area contributed by atoms with Gasteiger partial charge < -0.3 is 19.0 Å². The molecule has 5 rings (SSSR count). The van der Waals surface area contributed by atoms with E-state index in [1.54, 1.807) is 7.11 Å². The van der Waals surface area contributed by atoms with E-state index < -0.39 is 0 Å². The van der Waals surface area contributed by atoms with Gasteiger partial charge in [0.2, 0.25) is 17.5 Å². The topological polar surface area (TPSA) is 65.5 Å². The zero-order valence-corrected chi connectivity index (χ0v) is 17.0. The molecule has 1 saturated heterocycles. The van der Waals surface area contributed by atoms with Crippen molar-refractivity contribution in [2.45, 2.75) is 18.3 Å². The van der Waals surface area contributed by atoms with E-state index in [2.05, 4.69) is 57.3 Å². The molecular weight excluding hydrogens is 376 g/mol. The first-order valence-corrected chi connectivity index (χ1v) is 10.4. The standard InChI is InChI=1S/C24H24N4O2/c1-29-19-9-7-18(8-10-19)27-11-13-28(14-12-27)24-22(16-25)26-23(30-24)21-15-20(21)17-5-3-2-4-6-17/h2-10,20-21H,11-15H2,1H3/t20-,21-/m1/s1. The van der Waals surface area contributed by atoms with Gasteiger partial charge in [-0.1, -0.05) is 30.3 Å². The molecule has 1 aliphatic heterocycles. The molecule has 2 heterocycles. The second-order valence-corrected chi connectivity index (χ2v) is 7.85. The van der Waals surface area contributed by atoms with Crippen LogP contribution in [0.5, 0.6) is 5.75 Å². The van der Waals surface area contributed by atoms with E-state index in [-0.39, 0.29) is 5.92 Å². The van der Waals surface area contributed by atoms with Crippen molar-refractivity contribution in [3.8, 4) is 11.8 Å². The first kappa shape index (κ1) is 18.6. The lowest BCUT2D eigenvalue weighted by Gasteiger charge is -2.35. The number of hydrogen-bond acceptors (Lipinski definition) is 6. The van der Waals surface area contributed by atoms with Crippen molar-refractivity contribution in [3.63, 3.8) is 0 Å². The summed E-state index contributed by atoms with van der Waals surface area (Å²) in [5.41, 5.74) is 2.90. The number of aromatic nitrogens is 1. The molecular formula is C24H24N4O2. The molecule has 0 amide bonds. The Morgan fingerprint density at radius 1 is 0.967 bits per heavy atom. The summed E-state index contributed by atoms with van der Waals surface area (Å²) >= 11 is 0. The summed E-state index contributed by atoms with van der Waals surface area (Å²) < 4.78 is 11.4. The second-order valence-electron chi connectivity index (χ2n) is 7.85. The third-order valence-electron chi connectivity index (χ3n) is 6.07. The van der Waals surface area contributed by atoms with Crippen LogP contribution in [0, 0.1) is 11.3 Å². The molecule has 152 valence electrons. The average molecular weight is 400 g/mol. The lowest BCUT2D eigenvalue weighted by Crippen LogP contribution is -2.46. The predicted octanol–water partition coefficient (Wildman–Crippen LogP) is 4.15. The van der Waals surface area contributed by atoms with Crippen molar-refractivity contribution in [1.82, 2.24) is 4.98 Å². The Labute approximate surface area is 176 Å². The fourth-order valence-electron chi connectivity index (χ4n) is 4.27. The molecule has 6 nitrogen and oxygen atoms in total. The van der Waals surface area contributed by atoms with Gasteiger partial charge in [-0.3, -0.25) is 0 Å².